The quantitative estimate of drug-likeness (QED) is 0.0907. The first kappa shape index (κ1) is 43.7. The molecule has 0 atom stereocenters. The van der Waals surface area contributed by atoms with E-state index in [1.54, 1.807) is 0 Å². The average molecular weight is 1040 g/mol. The fraction of sp³-hybridized carbons (Fsp3) is 0.155. The maximum Gasteiger partial charge on any atom is 0.123 e. The molecule has 11 aromatic rings. The number of fused-ring (bicyclic) bond motifs is 6. The van der Waals surface area contributed by atoms with Crippen LogP contribution in [0.2, 0.25) is 19.6 Å². The van der Waals surface area contributed by atoms with Crippen LogP contribution in [0.25, 0.3) is 94.2 Å². The van der Waals surface area contributed by atoms with Crippen LogP contribution < -0.4 is 5.19 Å². The van der Waals surface area contributed by atoms with Gasteiger partial charge >= 0.3 is 0 Å². The van der Waals surface area contributed by atoms with Crippen molar-refractivity contribution in [2.45, 2.75) is 59.2 Å². The van der Waals surface area contributed by atoms with E-state index < -0.39 is 8.07 Å². The van der Waals surface area contributed by atoms with Gasteiger partial charge in [-0.25, -0.2) is 4.98 Å². The molecule has 0 unspecified atom stereocenters. The van der Waals surface area contributed by atoms with Crippen LogP contribution in [0.5, 0.6) is 0 Å². The summed E-state index contributed by atoms with van der Waals surface area (Å²) in [6.07, 6.45) is 2.02. The van der Waals surface area contributed by atoms with Crippen LogP contribution in [-0.4, -0.2) is 27.6 Å². The number of para-hydroxylation sites is 3. The van der Waals surface area contributed by atoms with Crippen molar-refractivity contribution in [3.63, 3.8) is 0 Å². The number of hydrogen-bond acceptors (Lipinski definition) is 4. The predicted octanol–water partition coefficient (Wildman–Crippen LogP) is 15.1. The average Bonchev–Trinajstić information content (AvgIpc) is 3.88. The Balaban J connectivity index is 0.000000266. The minimum absolute atomic E-state index is 0. The molecule has 7 heteroatoms. The van der Waals surface area contributed by atoms with E-state index in [4.69, 9.17) is 14.4 Å². The molecule has 0 saturated carbocycles. The number of furan rings is 1. The summed E-state index contributed by atoms with van der Waals surface area (Å²) in [5, 5.41) is 5.71. The van der Waals surface area contributed by atoms with Crippen molar-refractivity contribution in [2.75, 3.05) is 0 Å². The smallest absolute Gasteiger partial charge is 0.123 e. The largest absolute Gasteiger partial charge is 0.500 e. The zero-order valence-corrected chi connectivity index (χ0v) is 41.2. The Labute approximate surface area is 395 Å². The molecule has 0 aliphatic heterocycles. The molecule has 0 bridgehead atoms. The molecule has 4 heterocycles. The summed E-state index contributed by atoms with van der Waals surface area (Å²) >= 11 is 0. The number of aromatic nitrogens is 4. The van der Waals surface area contributed by atoms with Crippen LogP contribution >= 0.6 is 0 Å². The third kappa shape index (κ3) is 8.36. The Morgan fingerprint density at radius 3 is 1.98 bits per heavy atom. The van der Waals surface area contributed by atoms with E-state index in [-0.39, 0.29) is 31.9 Å². The van der Waals surface area contributed by atoms with E-state index in [0.717, 1.165) is 77.4 Å². The van der Waals surface area contributed by atoms with Crippen molar-refractivity contribution in [1.82, 2.24) is 19.5 Å². The fourth-order valence-corrected chi connectivity index (χ4v) is 9.80. The summed E-state index contributed by atoms with van der Waals surface area (Å²) in [5.41, 5.74) is 14.6. The van der Waals surface area contributed by atoms with Gasteiger partial charge in [0.05, 0.1) is 41.5 Å². The Morgan fingerprint density at radius 2 is 1.29 bits per heavy atom. The Morgan fingerprint density at radius 1 is 0.585 bits per heavy atom. The van der Waals surface area contributed by atoms with E-state index in [0.29, 0.717) is 0 Å². The van der Waals surface area contributed by atoms with Crippen LogP contribution in [-0.2, 0) is 20.1 Å². The van der Waals surface area contributed by atoms with Gasteiger partial charge < -0.3 is 14.0 Å². The molecule has 0 aliphatic carbocycles. The van der Waals surface area contributed by atoms with E-state index in [2.05, 4.69) is 190 Å². The number of benzene rings is 7. The van der Waals surface area contributed by atoms with Gasteiger partial charge in [0.2, 0.25) is 0 Å². The molecule has 65 heavy (non-hydrogen) atoms. The van der Waals surface area contributed by atoms with Gasteiger partial charge in [0.1, 0.15) is 5.58 Å². The molecule has 0 fully saturated rings. The zero-order valence-electron chi connectivity index (χ0n) is 37.8. The first-order valence-electron chi connectivity index (χ1n) is 22.2. The third-order valence-corrected chi connectivity index (χ3v) is 14.2. The van der Waals surface area contributed by atoms with Crippen molar-refractivity contribution >= 4 is 68.0 Å². The molecule has 7 aromatic carbocycles. The minimum Gasteiger partial charge on any atom is -0.500 e. The van der Waals surface area contributed by atoms with E-state index in [1.165, 1.54) is 33.1 Å². The van der Waals surface area contributed by atoms with E-state index >= 15 is 0 Å². The number of pyridine rings is 2. The summed E-state index contributed by atoms with van der Waals surface area (Å²) in [6, 6.07) is 61.7. The van der Waals surface area contributed by atoms with Crippen molar-refractivity contribution in [3.05, 3.63) is 187 Å². The van der Waals surface area contributed by atoms with Crippen molar-refractivity contribution in [1.29, 1.82) is 0 Å². The molecule has 4 aromatic heterocycles. The van der Waals surface area contributed by atoms with Crippen LogP contribution in [0.15, 0.2) is 168 Å². The van der Waals surface area contributed by atoms with Gasteiger partial charge in [-0.05, 0) is 87.4 Å². The second-order valence-electron chi connectivity index (χ2n) is 18.3. The second kappa shape index (κ2) is 17.8. The predicted molar refractivity (Wildman–Crippen MR) is 271 cm³/mol. The first-order chi connectivity index (χ1) is 31.0. The maximum atomic E-state index is 6.75. The van der Waals surface area contributed by atoms with Crippen LogP contribution in [0.3, 0.4) is 0 Å². The maximum absolute atomic E-state index is 6.75. The second-order valence-corrected chi connectivity index (χ2v) is 23.4. The van der Waals surface area contributed by atoms with Gasteiger partial charge in [0.15, 0.2) is 0 Å². The number of rotatable bonds is 7. The van der Waals surface area contributed by atoms with Crippen molar-refractivity contribution < 1.29 is 24.5 Å². The molecule has 5 nitrogen and oxygen atoms in total. The molecule has 11 rings (SSSR count). The molecular formula is C58H50IrN4OSi-2. The molecule has 0 spiro atoms. The Hall–Kier alpha value is -6.50. The summed E-state index contributed by atoms with van der Waals surface area (Å²) in [4.78, 5) is 14.8. The summed E-state index contributed by atoms with van der Waals surface area (Å²) in [7, 11) is -1.23. The van der Waals surface area contributed by atoms with Crippen molar-refractivity contribution in [3.8, 4) is 39.5 Å². The number of nitrogens with zero attached hydrogens (tertiary/aromatic N) is 4. The van der Waals surface area contributed by atoms with Gasteiger partial charge in [0.25, 0.3) is 0 Å². The van der Waals surface area contributed by atoms with Gasteiger partial charge in [0, 0.05) is 54.2 Å². The topological polar surface area (TPSA) is 56.7 Å². The van der Waals surface area contributed by atoms with Gasteiger partial charge in [-0.2, -0.15) is 0 Å². The van der Waals surface area contributed by atoms with E-state index in [1.807, 2.05) is 42.6 Å². The van der Waals surface area contributed by atoms with E-state index in [9.17, 15) is 0 Å². The molecule has 0 aliphatic rings. The zero-order chi connectivity index (χ0) is 44.1. The molecule has 0 amide bonds. The van der Waals surface area contributed by atoms with Crippen LogP contribution in [0, 0.1) is 12.1 Å². The molecular weight excluding hydrogens is 989 g/mol. The van der Waals surface area contributed by atoms with Gasteiger partial charge in [-0.3, -0.25) is 4.98 Å². The Bertz CT molecular complexity index is 3450. The molecule has 323 valence electrons. The SMILES string of the molecule is CC(C)c1cc(-c2ccccc2)cc(C(C)C)c1-n1c(-c2[c-]ccc3c2oc2cc4nc5ccccc5cc4cc23)nc2ccccc21.C[Si](C)(C)c1ccc(-c2[c-]cccc2)nc1.[Ir]. The molecule has 1 radical (unpaired) electrons. The minimum atomic E-state index is -1.23. The third-order valence-electron chi connectivity index (χ3n) is 12.2. The summed E-state index contributed by atoms with van der Waals surface area (Å²) < 4.78 is 9.11. The molecule has 0 N–H and O–H groups in total. The number of imidazole rings is 1. The number of hydrogen-bond donors (Lipinski definition) is 0. The standard InChI is InChI=1S/C44H34N3O.C14H16NSi.Ir/c1-26(2)34-22-30(28-13-6-5-7-14-28)23-35(27(3)4)42(34)47-40-20-11-10-19-38(40)46-44(47)33-17-12-16-32-36-24-31-21-29-15-8-9-18-37(29)45-39(31)25-41(36)48-43(32)33;1-16(2,3)13-9-10-14(15-11-13)12-7-5-4-6-8-12;/h5-16,18-27H,1-4H3;4-7,9-11H,1-3H3;/q2*-1;. The first-order valence-corrected chi connectivity index (χ1v) is 25.7. The van der Waals surface area contributed by atoms with Crippen LogP contribution in [0.1, 0.15) is 50.7 Å². The van der Waals surface area contributed by atoms with Gasteiger partial charge in [-0.1, -0.05) is 131 Å². The normalized spacial score (nSPS) is 11.8. The Kier molecular flexibility index (Phi) is 12.0. The summed E-state index contributed by atoms with van der Waals surface area (Å²) in [6.45, 7) is 16.1. The van der Waals surface area contributed by atoms with Crippen LogP contribution in [0.4, 0.5) is 0 Å². The molecule has 0 saturated heterocycles. The fourth-order valence-electron chi connectivity index (χ4n) is 8.77. The van der Waals surface area contributed by atoms with Crippen molar-refractivity contribution in [2.24, 2.45) is 0 Å². The summed E-state index contributed by atoms with van der Waals surface area (Å²) in [5.74, 6) is 1.37. The van der Waals surface area contributed by atoms with Gasteiger partial charge in [-0.15, -0.1) is 54.1 Å². The monoisotopic (exact) mass is 1040 g/mol.